The van der Waals surface area contributed by atoms with Gasteiger partial charge in [0.15, 0.2) is 0 Å². The zero-order chi connectivity index (χ0) is 9.42. The lowest BCUT2D eigenvalue weighted by molar-refractivity contribution is 0.562. The van der Waals surface area contributed by atoms with Gasteiger partial charge in [0.05, 0.1) is 4.47 Å². The van der Waals surface area contributed by atoms with Crippen molar-refractivity contribution in [2.24, 2.45) is 5.73 Å². The summed E-state index contributed by atoms with van der Waals surface area (Å²) >= 11 is 3.27. The minimum absolute atomic E-state index is 0.172. The molecule has 1 aromatic rings. The SMILES string of the molecule is N[C@H]1CCc2c(ccc(F)c2Br)C1. The fraction of sp³-hybridized carbons (Fsp3) is 0.400. The number of nitrogens with two attached hydrogens (primary N) is 1. The minimum Gasteiger partial charge on any atom is -0.327 e. The molecule has 1 nitrogen and oxygen atoms in total. The lowest BCUT2D eigenvalue weighted by atomic mass is 9.89. The highest BCUT2D eigenvalue weighted by Gasteiger charge is 2.18. The summed E-state index contributed by atoms with van der Waals surface area (Å²) in [6, 6.07) is 3.58. The van der Waals surface area contributed by atoms with Crippen molar-refractivity contribution in [2.75, 3.05) is 0 Å². The molecule has 1 aromatic carbocycles. The maximum atomic E-state index is 13.1. The van der Waals surface area contributed by atoms with Gasteiger partial charge in [0.25, 0.3) is 0 Å². The van der Waals surface area contributed by atoms with Crippen molar-refractivity contribution in [2.45, 2.75) is 25.3 Å². The Bertz CT molecular complexity index is 338. The molecular weight excluding hydrogens is 233 g/mol. The van der Waals surface area contributed by atoms with Crippen molar-refractivity contribution in [3.8, 4) is 0 Å². The van der Waals surface area contributed by atoms with Gasteiger partial charge >= 0.3 is 0 Å². The topological polar surface area (TPSA) is 26.0 Å². The normalized spacial score (nSPS) is 21.3. The van der Waals surface area contributed by atoms with E-state index in [2.05, 4.69) is 15.9 Å². The summed E-state index contributed by atoms with van der Waals surface area (Å²) in [5.74, 6) is -0.172. The molecule has 0 amide bonds. The number of hydrogen-bond donors (Lipinski definition) is 1. The predicted octanol–water partition coefficient (Wildman–Crippen LogP) is 2.40. The molecule has 0 aliphatic heterocycles. The van der Waals surface area contributed by atoms with Crippen LogP contribution in [0.5, 0.6) is 0 Å². The van der Waals surface area contributed by atoms with Crippen molar-refractivity contribution in [3.05, 3.63) is 33.5 Å². The third-order valence-corrected chi connectivity index (χ3v) is 3.40. The van der Waals surface area contributed by atoms with Gasteiger partial charge in [0, 0.05) is 6.04 Å². The van der Waals surface area contributed by atoms with Crippen LogP contribution in [0, 0.1) is 5.82 Å². The van der Waals surface area contributed by atoms with Gasteiger partial charge in [-0.15, -0.1) is 0 Å². The number of halogens is 2. The van der Waals surface area contributed by atoms with Crippen molar-refractivity contribution in [1.82, 2.24) is 0 Å². The molecule has 13 heavy (non-hydrogen) atoms. The van der Waals surface area contributed by atoms with E-state index in [0.717, 1.165) is 24.8 Å². The van der Waals surface area contributed by atoms with Gasteiger partial charge < -0.3 is 5.73 Å². The van der Waals surface area contributed by atoms with Crippen molar-refractivity contribution < 1.29 is 4.39 Å². The molecule has 0 fully saturated rings. The molecule has 2 rings (SSSR count). The van der Waals surface area contributed by atoms with Crippen LogP contribution in [0.1, 0.15) is 17.5 Å². The van der Waals surface area contributed by atoms with E-state index in [0.29, 0.717) is 4.47 Å². The maximum Gasteiger partial charge on any atom is 0.137 e. The van der Waals surface area contributed by atoms with Crippen LogP contribution in [0.25, 0.3) is 0 Å². The van der Waals surface area contributed by atoms with Crippen LogP contribution in [0.2, 0.25) is 0 Å². The fourth-order valence-corrected chi connectivity index (χ4v) is 2.39. The van der Waals surface area contributed by atoms with E-state index >= 15 is 0 Å². The van der Waals surface area contributed by atoms with Gasteiger partial charge in [0.2, 0.25) is 0 Å². The average molecular weight is 244 g/mol. The van der Waals surface area contributed by atoms with Crippen LogP contribution in [0.4, 0.5) is 4.39 Å². The first kappa shape index (κ1) is 9.16. The molecule has 0 bridgehead atoms. The lowest BCUT2D eigenvalue weighted by Gasteiger charge is -2.22. The van der Waals surface area contributed by atoms with Crippen LogP contribution in [0.15, 0.2) is 16.6 Å². The number of fused-ring (bicyclic) bond motifs is 1. The van der Waals surface area contributed by atoms with E-state index in [1.807, 2.05) is 6.07 Å². The molecule has 70 valence electrons. The Morgan fingerprint density at radius 2 is 2.23 bits per heavy atom. The molecule has 0 saturated heterocycles. The van der Waals surface area contributed by atoms with Crippen LogP contribution in [-0.2, 0) is 12.8 Å². The second-order valence-corrected chi connectivity index (χ2v) is 4.29. The molecule has 1 aliphatic carbocycles. The second kappa shape index (κ2) is 3.39. The molecule has 0 radical (unpaired) electrons. The summed E-state index contributed by atoms with van der Waals surface area (Å²) in [5.41, 5.74) is 8.11. The molecule has 1 atom stereocenters. The van der Waals surface area contributed by atoms with Gasteiger partial charge in [-0.3, -0.25) is 0 Å². The summed E-state index contributed by atoms with van der Waals surface area (Å²) in [7, 11) is 0. The average Bonchev–Trinajstić information content (AvgIpc) is 2.12. The Morgan fingerprint density at radius 3 is 3.00 bits per heavy atom. The molecule has 0 saturated carbocycles. The Morgan fingerprint density at radius 1 is 1.46 bits per heavy atom. The first-order valence-electron chi connectivity index (χ1n) is 4.40. The molecule has 1 aliphatic rings. The largest absolute Gasteiger partial charge is 0.327 e. The van der Waals surface area contributed by atoms with Crippen molar-refractivity contribution >= 4 is 15.9 Å². The van der Waals surface area contributed by atoms with Gasteiger partial charge in [-0.2, -0.15) is 0 Å². The Kier molecular flexibility index (Phi) is 2.39. The highest BCUT2D eigenvalue weighted by atomic mass is 79.9. The summed E-state index contributed by atoms with van der Waals surface area (Å²) in [4.78, 5) is 0. The smallest absolute Gasteiger partial charge is 0.137 e. The van der Waals surface area contributed by atoms with Crippen molar-refractivity contribution in [1.29, 1.82) is 0 Å². The van der Waals surface area contributed by atoms with Crippen LogP contribution in [0.3, 0.4) is 0 Å². The van der Waals surface area contributed by atoms with E-state index in [-0.39, 0.29) is 11.9 Å². The monoisotopic (exact) mass is 243 g/mol. The van der Waals surface area contributed by atoms with Crippen LogP contribution < -0.4 is 5.73 Å². The van der Waals surface area contributed by atoms with E-state index < -0.39 is 0 Å². The summed E-state index contributed by atoms with van der Waals surface area (Å²) in [5, 5.41) is 0. The zero-order valence-corrected chi connectivity index (χ0v) is 8.77. The predicted molar refractivity (Wildman–Crippen MR) is 54.1 cm³/mol. The van der Waals surface area contributed by atoms with Gasteiger partial charge in [0.1, 0.15) is 5.82 Å². The van der Waals surface area contributed by atoms with E-state index in [1.165, 1.54) is 11.6 Å². The number of benzene rings is 1. The quantitative estimate of drug-likeness (QED) is 0.745. The van der Waals surface area contributed by atoms with Gasteiger partial charge in [-0.25, -0.2) is 4.39 Å². The van der Waals surface area contributed by atoms with Gasteiger partial charge in [-0.05, 0) is 52.4 Å². The first-order chi connectivity index (χ1) is 6.18. The molecule has 0 spiro atoms. The summed E-state index contributed by atoms with van der Waals surface area (Å²) in [6.45, 7) is 0. The molecular formula is C10H11BrFN. The van der Waals surface area contributed by atoms with E-state index in [1.54, 1.807) is 0 Å². The minimum atomic E-state index is -0.172. The molecule has 0 unspecified atom stereocenters. The van der Waals surface area contributed by atoms with E-state index in [4.69, 9.17) is 5.73 Å². The first-order valence-corrected chi connectivity index (χ1v) is 5.19. The zero-order valence-electron chi connectivity index (χ0n) is 7.19. The van der Waals surface area contributed by atoms with Crippen molar-refractivity contribution in [3.63, 3.8) is 0 Å². The fourth-order valence-electron chi connectivity index (χ4n) is 1.81. The molecule has 0 heterocycles. The van der Waals surface area contributed by atoms with E-state index in [9.17, 15) is 4.39 Å². The van der Waals surface area contributed by atoms with Gasteiger partial charge in [-0.1, -0.05) is 6.07 Å². The summed E-state index contributed by atoms with van der Waals surface area (Å²) < 4.78 is 13.7. The summed E-state index contributed by atoms with van der Waals surface area (Å²) in [6.07, 6.45) is 2.71. The maximum absolute atomic E-state index is 13.1. The van der Waals surface area contributed by atoms with Crippen LogP contribution in [-0.4, -0.2) is 6.04 Å². The molecule has 0 aromatic heterocycles. The highest BCUT2D eigenvalue weighted by Crippen LogP contribution is 2.29. The third-order valence-electron chi connectivity index (χ3n) is 2.54. The second-order valence-electron chi connectivity index (χ2n) is 3.50. The number of rotatable bonds is 0. The number of hydrogen-bond acceptors (Lipinski definition) is 1. The molecule has 2 N–H and O–H groups in total. The molecule has 3 heteroatoms. The van der Waals surface area contributed by atoms with Crippen LogP contribution >= 0.6 is 15.9 Å². The standard InChI is InChI=1S/C10H11BrFN/c11-10-8-3-2-7(13)5-6(8)1-4-9(10)12/h1,4,7H,2-3,5,13H2/t7-/m0/s1. The lowest BCUT2D eigenvalue weighted by Crippen LogP contribution is -2.28. The Labute approximate surface area is 85.3 Å². The highest BCUT2D eigenvalue weighted by molar-refractivity contribution is 9.10. The Hall–Kier alpha value is -0.410. The Balaban J connectivity index is 2.47. The third kappa shape index (κ3) is 1.63.